The number of nitro groups is 1. The number of hydrogen-bond acceptors (Lipinski definition) is 5. The van der Waals surface area contributed by atoms with Gasteiger partial charge in [0, 0.05) is 6.07 Å². The molecule has 6 nitrogen and oxygen atoms in total. The molecule has 0 N–H and O–H groups in total. The summed E-state index contributed by atoms with van der Waals surface area (Å²) in [5.74, 6) is -0.0365. The molecule has 0 aliphatic heterocycles. The van der Waals surface area contributed by atoms with Crippen molar-refractivity contribution in [3.8, 4) is 5.75 Å². The largest absolute Gasteiger partial charge is 0.490 e. The van der Waals surface area contributed by atoms with Crippen molar-refractivity contribution in [2.24, 2.45) is 0 Å². The van der Waals surface area contributed by atoms with E-state index in [-0.39, 0.29) is 24.5 Å². The summed E-state index contributed by atoms with van der Waals surface area (Å²) in [4.78, 5) is 22.5. The Kier molecular flexibility index (Phi) is 5.30. The van der Waals surface area contributed by atoms with Crippen LogP contribution in [-0.4, -0.2) is 24.1 Å². The lowest BCUT2D eigenvalue weighted by Crippen LogP contribution is -2.14. The van der Waals surface area contributed by atoms with E-state index in [0.29, 0.717) is 11.3 Å². The van der Waals surface area contributed by atoms with Crippen molar-refractivity contribution in [2.75, 3.05) is 13.2 Å². The molecular formula is C17H17NO5. The molecule has 0 amide bonds. The van der Waals surface area contributed by atoms with Crippen LogP contribution in [0.25, 0.3) is 0 Å². The zero-order valence-corrected chi connectivity index (χ0v) is 12.9. The normalized spacial score (nSPS) is 10.2. The highest BCUT2D eigenvalue weighted by Gasteiger charge is 2.23. The molecule has 23 heavy (non-hydrogen) atoms. The molecule has 2 rings (SSSR count). The minimum Gasteiger partial charge on any atom is -0.490 e. The number of benzene rings is 2. The third-order valence-electron chi connectivity index (χ3n) is 3.23. The van der Waals surface area contributed by atoms with Gasteiger partial charge in [-0.3, -0.25) is 10.1 Å². The van der Waals surface area contributed by atoms with E-state index in [2.05, 4.69) is 0 Å². The Balaban J connectivity index is 1.94. The van der Waals surface area contributed by atoms with Crippen LogP contribution in [0.15, 0.2) is 42.5 Å². The number of carbonyl (C=O) groups is 1. The van der Waals surface area contributed by atoms with Crippen molar-refractivity contribution in [2.45, 2.75) is 13.8 Å². The van der Waals surface area contributed by atoms with Crippen molar-refractivity contribution in [3.05, 3.63) is 69.3 Å². The lowest BCUT2D eigenvalue weighted by Gasteiger charge is -2.09. The Labute approximate surface area is 133 Å². The molecule has 0 saturated heterocycles. The van der Waals surface area contributed by atoms with Crippen LogP contribution in [0.2, 0.25) is 0 Å². The maximum absolute atomic E-state index is 12.1. The topological polar surface area (TPSA) is 78.7 Å². The molecule has 0 spiro atoms. The van der Waals surface area contributed by atoms with Crippen LogP contribution in [0.4, 0.5) is 5.69 Å². The summed E-state index contributed by atoms with van der Waals surface area (Å²) in [6, 6.07) is 11.9. The first-order chi connectivity index (χ1) is 11.0. The van der Waals surface area contributed by atoms with E-state index in [0.717, 1.165) is 5.56 Å². The van der Waals surface area contributed by atoms with Gasteiger partial charge in [-0.25, -0.2) is 4.79 Å². The van der Waals surface area contributed by atoms with Gasteiger partial charge in [-0.15, -0.1) is 0 Å². The molecule has 0 saturated carbocycles. The number of ether oxygens (including phenoxy) is 2. The van der Waals surface area contributed by atoms with Crippen LogP contribution < -0.4 is 4.74 Å². The first-order valence-corrected chi connectivity index (χ1v) is 7.09. The van der Waals surface area contributed by atoms with E-state index in [1.54, 1.807) is 19.1 Å². The number of aryl methyl sites for hydroxylation is 2. The van der Waals surface area contributed by atoms with Gasteiger partial charge in [0.05, 0.1) is 4.92 Å². The van der Waals surface area contributed by atoms with Crippen molar-refractivity contribution in [1.82, 2.24) is 0 Å². The monoisotopic (exact) mass is 315 g/mol. The average Bonchev–Trinajstić information content (AvgIpc) is 2.51. The van der Waals surface area contributed by atoms with E-state index in [1.165, 1.54) is 12.1 Å². The molecule has 120 valence electrons. The van der Waals surface area contributed by atoms with E-state index >= 15 is 0 Å². The summed E-state index contributed by atoms with van der Waals surface area (Å²) in [7, 11) is 0. The first kappa shape index (κ1) is 16.5. The number of hydrogen-bond donors (Lipinski definition) is 0. The van der Waals surface area contributed by atoms with Crippen LogP contribution in [0, 0.1) is 24.0 Å². The lowest BCUT2D eigenvalue weighted by atomic mass is 10.1. The Hall–Kier alpha value is -2.89. The second-order valence-electron chi connectivity index (χ2n) is 5.03. The predicted octanol–water partition coefficient (Wildman–Crippen LogP) is 3.45. The molecule has 0 aliphatic carbocycles. The molecule has 0 unspecified atom stereocenters. The van der Waals surface area contributed by atoms with Gasteiger partial charge in [-0.05, 0) is 37.1 Å². The average molecular weight is 315 g/mol. The highest BCUT2D eigenvalue weighted by Crippen LogP contribution is 2.22. The van der Waals surface area contributed by atoms with Gasteiger partial charge >= 0.3 is 5.97 Å². The summed E-state index contributed by atoms with van der Waals surface area (Å²) >= 11 is 0. The zero-order chi connectivity index (χ0) is 16.8. The molecule has 0 bridgehead atoms. The lowest BCUT2D eigenvalue weighted by molar-refractivity contribution is -0.385. The number of nitrogens with zero attached hydrogens (tertiary/aromatic N) is 1. The molecule has 2 aromatic rings. The SMILES string of the molecule is Cc1cccc(OCCOC(=O)c2c(C)cccc2[N+](=O)[O-])c1. The summed E-state index contributed by atoms with van der Waals surface area (Å²) in [5.41, 5.74) is 1.29. The first-order valence-electron chi connectivity index (χ1n) is 7.09. The van der Waals surface area contributed by atoms with Gasteiger partial charge in [0.2, 0.25) is 0 Å². The van der Waals surface area contributed by atoms with Crippen LogP contribution in [0.5, 0.6) is 5.75 Å². The Bertz CT molecular complexity index is 727. The van der Waals surface area contributed by atoms with Crippen molar-refractivity contribution in [3.63, 3.8) is 0 Å². The number of carbonyl (C=O) groups excluding carboxylic acids is 1. The summed E-state index contributed by atoms with van der Waals surface area (Å²) in [6.07, 6.45) is 0. The van der Waals surface area contributed by atoms with E-state index < -0.39 is 10.9 Å². The van der Waals surface area contributed by atoms with Gasteiger partial charge in [0.25, 0.3) is 5.69 Å². The molecule has 0 aromatic heterocycles. The minimum absolute atomic E-state index is 0.0122. The van der Waals surface area contributed by atoms with Crippen molar-refractivity contribution in [1.29, 1.82) is 0 Å². The molecule has 0 fully saturated rings. The number of nitro benzene ring substituents is 1. The van der Waals surface area contributed by atoms with Gasteiger partial charge in [0.15, 0.2) is 0 Å². The Morgan fingerprint density at radius 2 is 1.87 bits per heavy atom. The van der Waals surface area contributed by atoms with E-state index in [9.17, 15) is 14.9 Å². The predicted molar refractivity (Wildman–Crippen MR) is 84.8 cm³/mol. The third kappa shape index (κ3) is 4.29. The van der Waals surface area contributed by atoms with Gasteiger partial charge in [-0.1, -0.05) is 24.3 Å². The molecule has 2 aromatic carbocycles. The molecule has 0 atom stereocenters. The highest BCUT2D eigenvalue weighted by atomic mass is 16.6. The molecule has 6 heteroatoms. The van der Waals surface area contributed by atoms with Crippen LogP contribution in [0.1, 0.15) is 21.5 Å². The molecular weight excluding hydrogens is 298 g/mol. The maximum Gasteiger partial charge on any atom is 0.345 e. The Morgan fingerprint density at radius 3 is 2.57 bits per heavy atom. The molecule has 0 radical (unpaired) electrons. The fourth-order valence-electron chi connectivity index (χ4n) is 2.14. The molecule has 0 heterocycles. The van der Waals surface area contributed by atoms with E-state index in [4.69, 9.17) is 9.47 Å². The number of rotatable bonds is 6. The fraction of sp³-hybridized carbons (Fsp3) is 0.235. The van der Waals surface area contributed by atoms with E-state index in [1.807, 2.05) is 25.1 Å². The summed E-state index contributed by atoms with van der Waals surface area (Å²) in [6.45, 7) is 3.77. The smallest absolute Gasteiger partial charge is 0.345 e. The summed E-state index contributed by atoms with van der Waals surface area (Å²) in [5, 5.41) is 11.0. The molecule has 0 aliphatic rings. The maximum atomic E-state index is 12.1. The van der Waals surface area contributed by atoms with Crippen molar-refractivity contribution < 1.29 is 19.2 Å². The van der Waals surface area contributed by atoms with Gasteiger partial charge in [0.1, 0.15) is 24.5 Å². The minimum atomic E-state index is -0.720. The standard InChI is InChI=1S/C17H17NO5/c1-12-5-3-7-14(11-12)22-9-10-23-17(19)16-13(2)6-4-8-15(16)18(20)21/h3-8,11H,9-10H2,1-2H3. The van der Waals surface area contributed by atoms with Gasteiger partial charge < -0.3 is 9.47 Å². The highest BCUT2D eigenvalue weighted by molar-refractivity contribution is 5.95. The van der Waals surface area contributed by atoms with Crippen LogP contribution in [0.3, 0.4) is 0 Å². The third-order valence-corrected chi connectivity index (χ3v) is 3.23. The second-order valence-corrected chi connectivity index (χ2v) is 5.03. The second kappa shape index (κ2) is 7.40. The van der Waals surface area contributed by atoms with Crippen molar-refractivity contribution >= 4 is 11.7 Å². The fourth-order valence-corrected chi connectivity index (χ4v) is 2.14. The van der Waals surface area contributed by atoms with Crippen LogP contribution in [-0.2, 0) is 4.74 Å². The van der Waals surface area contributed by atoms with Crippen LogP contribution >= 0.6 is 0 Å². The van der Waals surface area contributed by atoms with Gasteiger partial charge in [-0.2, -0.15) is 0 Å². The zero-order valence-electron chi connectivity index (χ0n) is 12.9. The Morgan fingerprint density at radius 1 is 1.13 bits per heavy atom. The number of esters is 1. The summed E-state index contributed by atoms with van der Waals surface area (Å²) < 4.78 is 10.6. The quantitative estimate of drug-likeness (QED) is 0.353.